The third-order valence-corrected chi connectivity index (χ3v) is 5.65. The molecule has 1 aromatic carbocycles. The molecule has 0 aliphatic carbocycles. The number of anilines is 1. The number of halogens is 3. The molecule has 0 radical (unpaired) electrons. The number of pyridine rings is 1. The number of hydrogen-bond acceptors (Lipinski definition) is 7. The molecule has 10 heteroatoms. The van der Waals surface area contributed by atoms with Gasteiger partial charge in [-0.2, -0.15) is 18.2 Å². The lowest BCUT2D eigenvalue weighted by molar-refractivity contribution is -0.154. The molecule has 2 unspecified atom stereocenters. The standard InChI is InChI=1S/C21H25F3N4O3/c1-26-8-10-27(11-9-26)18-14(6-7-17(25-18)31-13-21(22,23)24)12-28-19(29)15-4-2-3-5-16(15)20(28)30/h2-7,19-20,29-30H,8-13H2,1H3. The minimum absolute atomic E-state index is 0.110. The van der Waals surface area contributed by atoms with Crippen molar-refractivity contribution in [3.8, 4) is 5.88 Å². The summed E-state index contributed by atoms with van der Waals surface area (Å²) >= 11 is 0. The van der Waals surface area contributed by atoms with Crippen molar-refractivity contribution in [1.82, 2.24) is 14.8 Å². The van der Waals surface area contributed by atoms with Gasteiger partial charge in [0, 0.05) is 55.5 Å². The number of nitrogens with zero attached hydrogens (tertiary/aromatic N) is 4. The monoisotopic (exact) mass is 438 g/mol. The zero-order chi connectivity index (χ0) is 22.2. The number of benzene rings is 1. The van der Waals surface area contributed by atoms with E-state index < -0.39 is 25.2 Å². The molecule has 0 bridgehead atoms. The van der Waals surface area contributed by atoms with E-state index in [-0.39, 0.29) is 12.4 Å². The molecule has 0 saturated carbocycles. The molecule has 168 valence electrons. The van der Waals surface area contributed by atoms with E-state index in [0.29, 0.717) is 35.6 Å². The van der Waals surface area contributed by atoms with Crippen LogP contribution in [0.4, 0.5) is 19.0 Å². The highest BCUT2D eigenvalue weighted by Crippen LogP contribution is 2.40. The largest absolute Gasteiger partial charge is 0.468 e. The molecule has 2 aliphatic rings. The van der Waals surface area contributed by atoms with Crippen molar-refractivity contribution in [2.24, 2.45) is 0 Å². The summed E-state index contributed by atoms with van der Waals surface area (Å²) in [6.45, 7) is 1.64. The van der Waals surface area contributed by atoms with Crippen LogP contribution in [-0.2, 0) is 6.54 Å². The van der Waals surface area contributed by atoms with E-state index in [4.69, 9.17) is 4.74 Å². The Hall–Kier alpha value is -2.40. The lowest BCUT2D eigenvalue weighted by Crippen LogP contribution is -2.45. The molecule has 3 heterocycles. The Morgan fingerprint density at radius 2 is 1.61 bits per heavy atom. The number of aliphatic hydroxyl groups is 2. The third-order valence-electron chi connectivity index (χ3n) is 5.65. The van der Waals surface area contributed by atoms with E-state index >= 15 is 0 Å². The number of alkyl halides is 3. The van der Waals surface area contributed by atoms with E-state index in [1.807, 2.05) is 11.9 Å². The van der Waals surface area contributed by atoms with Crippen LogP contribution in [0.15, 0.2) is 36.4 Å². The number of fused-ring (bicyclic) bond motifs is 1. The minimum atomic E-state index is -4.45. The molecular weight excluding hydrogens is 413 g/mol. The molecule has 2 aromatic rings. The maximum Gasteiger partial charge on any atom is 0.422 e. The maximum absolute atomic E-state index is 12.6. The zero-order valence-electron chi connectivity index (χ0n) is 17.1. The first kappa shape index (κ1) is 21.8. The van der Waals surface area contributed by atoms with Gasteiger partial charge in [0.25, 0.3) is 0 Å². The molecule has 0 amide bonds. The second kappa shape index (κ2) is 8.62. The molecule has 1 saturated heterocycles. The van der Waals surface area contributed by atoms with E-state index in [2.05, 4.69) is 9.88 Å². The van der Waals surface area contributed by atoms with E-state index in [1.54, 1.807) is 30.3 Å². The summed E-state index contributed by atoms with van der Waals surface area (Å²) in [4.78, 5) is 10.0. The van der Waals surface area contributed by atoms with Crippen molar-refractivity contribution in [3.63, 3.8) is 0 Å². The van der Waals surface area contributed by atoms with Crippen molar-refractivity contribution in [3.05, 3.63) is 53.1 Å². The van der Waals surface area contributed by atoms with Crippen LogP contribution in [0.3, 0.4) is 0 Å². The molecule has 4 rings (SSSR count). The van der Waals surface area contributed by atoms with E-state index in [1.165, 1.54) is 11.0 Å². The van der Waals surface area contributed by atoms with Gasteiger partial charge in [-0.05, 0) is 13.1 Å². The lowest BCUT2D eigenvalue weighted by Gasteiger charge is -2.35. The van der Waals surface area contributed by atoms with Crippen LogP contribution in [0.1, 0.15) is 29.1 Å². The average molecular weight is 438 g/mol. The molecule has 2 atom stereocenters. The van der Waals surface area contributed by atoms with Gasteiger partial charge in [-0.25, -0.2) is 4.90 Å². The van der Waals surface area contributed by atoms with Gasteiger partial charge in [0.1, 0.15) is 18.3 Å². The molecule has 1 fully saturated rings. The van der Waals surface area contributed by atoms with Crippen LogP contribution in [-0.4, -0.2) is 71.0 Å². The second-order valence-electron chi connectivity index (χ2n) is 7.87. The SMILES string of the molecule is CN1CCN(c2nc(OCC(F)(F)F)ccc2CN2C(O)c3ccccc3C2O)CC1. The first-order valence-corrected chi connectivity index (χ1v) is 10.1. The predicted molar refractivity (Wildman–Crippen MR) is 107 cm³/mol. The first-order valence-electron chi connectivity index (χ1n) is 10.1. The van der Waals surface area contributed by atoms with Gasteiger partial charge < -0.3 is 24.7 Å². The van der Waals surface area contributed by atoms with Crippen molar-refractivity contribution in [2.45, 2.75) is 25.2 Å². The van der Waals surface area contributed by atoms with E-state index in [9.17, 15) is 23.4 Å². The Morgan fingerprint density at radius 1 is 1.00 bits per heavy atom. The highest BCUT2D eigenvalue weighted by Gasteiger charge is 2.37. The van der Waals surface area contributed by atoms with Gasteiger partial charge in [-0.15, -0.1) is 0 Å². The van der Waals surface area contributed by atoms with Gasteiger partial charge in [0.15, 0.2) is 6.61 Å². The molecule has 2 aliphatic heterocycles. The Labute approximate surface area is 178 Å². The molecular formula is C21H25F3N4O3. The highest BCUT2D eigenvalue weighted by molar-refractivity contribution is 5.50. The fourth-order valence-electron chi connectivity index (χ4n) is 3.95. The number of hydrogen-bond donors (Lipinski definition) is 2. The summed E-state index contributed by atoms with van der Waals surface area (Å²) in [5.74, 6) is 0.393. The summed E-state index contributed by atoms with van der Waals surface area (Å²) in [6.07, 6.45) is -6.44. The topological polar surface area (TPSA) is 72.3 Å². The van der Waals surface area contributed by atoms with Crippen LogP contribution in [0.2, 0.25) is 0 Å². The third kappa shape index (κ3) is 4.77. The Bertz CT molecular complexity index is 890. The number of likely N-dealkylation sites (N-methyl/N-ethyl adjacent to an activating group) is 1. The predicted octanol–water partition coefficient (Wildman–Crippen LogP) is 2.27. The molecule has 2 N–H and O–H groups in total. The second-order valence-corrected chi connectivity index (χ2v) is 7.87. The van der Waals surface area contributed by atoms with Crippen LogP contribution in [0.25, 0.3) is 0 Å². The summed E-state index contributed by atoms with van der Waals surface area (Å²) < 4.78 is 42.6. The van der Waals surface area contributed by atoms with Gasteiger partial charge in [-0.3, -0.25) is 0 Å². The average Bonchev–Trinajstić information content (AvgIpc) is 2.98. The minimum Gasteiger partial charge on any atom is -0.468 e. The number of aromatic nitrogens is 1. The maximum atomic E-state index is 12.6. The fourth-order valence-corrected chi connectivity index (χ4v) is 3.95. The van der Waals surface area contributed by atoms with Crippen LogP contribution < -0.4 is 9.64 Å². The van der Waals surface area contributed by atoms with Crippen molar-refractivity contribution < 1.29 is 28.1 Å². The Balaban J connectivity index is 1.60. The molecule has 1 aromatic heterocycles. The summed E-state index contributed by atoms with van der Waals surface area (Å²) in [6, 6.07) is 10.1. The Morgan fingerprint density at radius 3 is 2.19 bits per heavy atom. The zero-order valence-corrected chi connectivity index (χ0v) is 17.1. The van der Waals surface area contributed by atoms with Crippen LogP contribution >= 0.6 is 0 Å². The number of aliphatic hydroxyl groups excluding tert-OH is 2. The van der Waals surface area contributed by atoms with Crippen molar-refractivity contribution in [1.29, 1.82) is 0 Å². The van der Waals surface area contributed by atoms with Gasteiger partial charge >= 0.3 is 6.18 Å². The Kier molecular flexibility index (Phi) is 6.07. The number of ether oxygens (including phenoxy) is 1. The normalized spacial score (nSPS) is 22.6. The van der Waals surface area contributed by atoms with Crippen molar-refractivity contribution >= 4 is 5.82 Å². The summed E-state index contributed by atoms with van der Waals surface area (Å²) in [7, 11) is 2.00. The van der Waals surface area contributed by atoms with Gasteiger partial charge in [-0.1, -0.05) is 24.3 Å². The number of rotatable bonds is 5. The smallest absolute Gasteiger partial charge is 0.422 e. The number of piperazine rings is 1. The van der Waals surface area contributed by atoms with Crippen LogP contribution in [0.5, 0.6) is 5.88 Å². The molecule has 7 nitrogen and oxygen atoms in total. The fraction of sp³-hybridized carbons (Fsp3) is 0.476. The van der Waals surface area contributed by atoms with Gasteiger partial charge in [0.05, 0.1) is 0 Å². The quantitative estimate of drug-likeness (QED) is 0.742. The van der Waals surface area contributed by atoms with Crippen LogP contribution in [0, 0.1) is 0 Å². The molecule has 31 heavy (non-hydrogen) atoms. The first-order chi connectivity index (χ1) is 14.7. The van der Waals surface area contributed by atoms with Crippen molar-refractivity contribution in [2.75, 3.05) is 44.7 Å². The van der Waals surface area contributed by atoms with Gasteiger partial charge in [0.2, 0.25) is 5.88 Å². The van der Waals surface area contributed by atoms with E-state index in [0.717, 1.165) is 13.1 Å². The molecule has 0 spiro atoms. The summed E-state index contributed by atoms with van der Waals surface area (Å²) in [5, 5.41) is 21.4. The highest BCUT2D eigenvalue weighted by atomic mass is 19.4. The lowest BCUT2D eigenvalue weighted by atomic mass is 10.1. The summed E-state index contributed by atoms with van der Waals surface area (Å²) in [5.41, 5.74) is 1.96.